The fraction of sp³-hybridized carbons (Fsp3) is 0.455. The lowest BCUT2D eigenvalue weighted by Crippen LogP contribution is -2.39. The summed E-state index contributed by atoms with van der Waals surface area (Å²) in [7, 11) is 0. The molecule has 0 spiro atoms. The van der Waals surface area contributed by atoms with Crippen molar-refractivity contribution in [3.8, 4) is 0 Å². The van der Waals surface area contributed by atoms with Crippen molar-refractivity contribution in [3.05, 3.63) is 59.8 Å². The van der Waals surface area contributed by atoms with Crippen LogP contribution in [-0.4, -0.2) is 66.1 Å². The number of ether oxygens (including phenoxy) is 1. The number of rotatable bonds is 8. The standard InChI is InChI=1S/C22H30N4O2/c1-18(2)26(17-19-6-4-3-5-7-19)22(27)20-8-9-23-21(16-20)24-10-11-25-12-14-28-15-13-25/h3-9,16,18H,10-15,17H2,1-2H3,(H,23,24). The van der Waals surface area contributed by atoms with Gasteiger partial charge in [-0.3, -0.25) is 9.69 Å². The van der Waals surface area contributed by atoms with Crippen LogP contribution in [-0.2, 0) is 11.3 Å². The predicted octanol–water partition coefficient (Wildman–Crippen LogP) is 2.88. The number of morpholine rings is 1. The minimum atomic E-state index is 0.0254. The average Bonchev–Trinajstić information content (AvgIpc) is 2.73. The number of nitrogens with zero attached hydrogens (tertiary/aromatic N) is 3. The Bertz CT molecular complexity index is 745. The number of anilines is 1. The Labute approximate surface area is 167 Å². The Kier molecular flexibility index (Phi) is 7.39. The van der Waals surface area contributed by atoms with E-state index in [0.717, 1.165) is 50.8 Å². The minimum Gasteiger partial charge on any atom is -0.379 e. The molecule has 150 valence electrons. The van der Waals surface area contributed by atoms with Crippen LogP contribution in [0, 0.1) is 0 Å². The van der Waals surface area contributed by atoms with E-state index < -0.39 is 0 Å². The zero-order chi connectivity index (χ0) is 19.8. The summed E-state index contributed by atoms with van der Waals surface area (Å²) in [6.45, 7) is 9.96. The Hall–Kier alpha value is -2.44. The van der Waals surface area contributed by atoms with Crippen LogP contribution in [0.4, 0.5) is 5.82 Å². The molecule has 0 bridgehead atoms. The third kappa shape index (κ3) is 5.78. The number of aromatic nitrogens is 1. The highest BCUT2D eigenvalue weighted by Gasteiger charge is 2.19. The van der Waals surface area contributed by atoms with E-state index in [1.165, 1.54) is 0 Å². The maximum Gasteiger partial charge on any atom is 0.254 e. The number of carbonyl (C=O) groups excluding carboxylic acids is 1. The molecular weight excluding hydrogens is 352 g/mol. The maximum atomic E-state index is 13.1. The molecule has 0 atom stereocenters. The third-order valence-corrected chi connectivity index (χ3v) is 4.92. The average molecular weight is 383 g/mol. The second kappa shape index (κ2) is 10.2. The van der Waals surface area contributed by atoms with E-state index in [4.69, 9.17) is 4.74 Å². The zero-order valence-electron chi connectivity index (χ0n) is 16.8. The minimum absolute atomic E-state index is 0.0254. The van der Waals surface area contributed by atoms with Crippen molar-refractivity contribution in [1.82, 2.24) is 14.8 Å². The summed E-state index contributed by atoms with van der Waals surface area (Å²) in [5.74, 6) is 0.764. The van der Waals surface area contributed by atoms with Crippen molar-refractivity contribution < 1.29 is 9.53 Å². The number of nitrogens with one attached hydrogen (secondary N) is 1. The summed E-state index contributed by atoms with van der Waals surface area (Å²) >= 11 is 0. The predicted molar refractivity (Wildman–Crippen MR) is 111 cm³/mol. The van der Waals surface area contributed by atoms with Gasteiger partial charge in [0, 0.05) is 50.5 Å². The van der Waals surface area contributed by atoms with Crippen molar-refractivity contribution >= 4 is 11.7 Å². The van der Waals surface area contributed by atoms with Gasteiger partial charge >= 0.3 is 0 Å². The highest BCUT2D eigenvalue weighted by molar-refractivity contribution is 5.95. The lowest BCUT2D eigenvalue weighted by atomic mass is 10.1. The quantitative estimate of drug-likeness (QED) is 0.761. The molecule has 1 aliphatic heterocycles. The molecule has 0 radical (unpaired) electrons. The molecule has 2 heterocycles. The third-order valence-electron chi connectivity index (χ3n) is 4.92. The Morgan fingerprint density at radius 3 is 2.68 bits per heavy atom. The van der Waals surface area contributed by atoms with E-state index in [2.05, 4.69) is 15.2 Å². The van der Waals surface area contributed by atoms with Gasteiger partial charge in [0.15, 0.2) is 0 Å². The van der Waals surface area contributed by atoms with Crippen LogP contribution in [0.5, 0.6) is 0 Å². The van der Waals surface area contributed by atoms with Crippen LogP contribution in [0.3, 0.4) is 0 Å². The molecule has 0 aliphatic carbocycles. The van der Waals surface area contributed by atoms with Crippen molar-refractivity contribution in [3.63, 3.8) is 0 Å². The van der Waals surface area contributed by atoms with Crippen LogP contribution in [0.25, 0.3) is 0 Å². The van der Waals surface area contributed by atoms with Crippen LogP contribution < -0.4 is 5.32 Å². The molecule has 1 N–H and O–H groups in total. The van der Waals surface area contributed by atoms with Gasteiger partial charge < -0.3 is 15.0 Å². The Balaban J connectivity index is 1.61. The molecule has 6 nitrogen and oxygen atoms in total. The molecule has 0 unspecified atom stereocenters. The SMILES string of the molecule is CC(C)N(Cc1ccccc1)C(=O)c1ccnc(NCCN2CCOCC2)c1. The first-order valence-corrected chi connectivity index (χ1v) is 9.98. The number of pyridine rings is 1. The molecule has 1 amide bonds. The van der Waals surface area contributed by atoms with Gasteiger partial charge in [-0.05, 0) is 31.5 Å². The van der Waals surface area contributed by atoms with Crippen molar-refractivity contribution in [2.24, 2.45) is 0 Å². The molecule has 1 fully saturated rings. The van der Waals surface area contributed by atoms with Gasteiger partial charge in [-0.1, -0.05) is 30.3 Å². The summed E-state index contributed by atoms with van der Waals surface area (Å²) in [5.41, 5.74) is 1.79. The van der Waals surface area contributed by atoms with Gasteiger partial charge in [0.2, 0.25) is 0 Å². The Morgan fingerprint density at radius 2 is 1.96 bits per heavy atom. The molecule has 1 aliphatic rings. The summed E-state index contributed by atoms with van der Waals surface area (Å²) in [4.78, 5) is 21.7. The monoisotopic (exact) mass is 382 g/mol. The number of benzene rings is 1. The molecular formula is C22H30N4O2. The summed E-state index contributed by atoms with van der Waals surface area (Å²) in [6.07, 6.45) is 1.70. The smallest absolute Gasteiger partial charge is 0.254 e. The van der Waals surface area contributed by atoms with Gasteiger partial charge in [-0.25, -0.2) is 4.98 Å². The lowest BCUT2D eigenvalue weighted by Gasteiger charge is -2.27. The van der Waals surface area contributed by atoms with Crippen LogP contribution in [0.1, 0.15) is 29.8 Å². The summed E-state index contributed by atoms with van der Waals surface area (Å²) < 4.78 is 5.37. The van der Waals surface area contributed by atoms with Crippen LogP contribution in [0.15, 0.2) is 48.7 Å². The normalized spacial score (nSPS) is 14.8. The van der Waals surface area contributed by atoms with Gasteiger partial charge in [-0.2, -0.15) is 0 Å². The zero-order valence-corrected chi connectivity index (χ0v) is 16.8. The number of hydrogen-bond acceptors (Lipinski definition) is 5. The first-order chi connectivity index (χ1) is 13.6. The van der Waals surface area contributed by atoms with Crippen molar-refractivity contribution in [1.29, 1.82) is 0 Å². The van der Waals surface area contributed by atoms with Crippen molar-refractivity contribution in [2.45, 2.75) is 26.4 Å². The van der Waals surface area contributed by atoms with Crippen LogP contribution >= 0.6 is 0 Å². The summed E-state index contributed by atoms with van der Waals surface area (Å²) in [6, 6.07) is 13.8. The van der Waals surface area contributed by atoms with E-state index in [1.807, 2.05) is 55.1 Å². The van der Waals surface area contributed by atoms with E-state index in [-0.39, 0.29) is 11.9 Å². The van der Waals surface area contributed by atoms with Crippen LogP contribution in [0.2, 0.25) is 0 Å². The largest absolute Gasteiger partial charge is 0.379 e. The van der Waals surface area contributed by atoms with E-state index >= 15 is 0 Å². The molecule has 28 heavy (non-hydrogen) atoms. The lowest BCUT2D eigenvalue weighted by molar-refractivity contribution is 0.0398. The van der Waals surface area contributed by atoms with Gasteiger partial charge in [0.05, 0.1) is 13.2 Å². The molecule has 2 aromatic rings. The fourth-order valence-electron chi connectivity index (χ4n) is 3.26. The number of carbonyl (C=O) groups is 1. The van der Waals surface area contributed by atoms with E-state index in [0.29, 0.717) is 12.1 Å². The second-order valence-electron chi connectivity index (χ2n) is 7.32. The second-order valence-corrected chi connectivity index (χ2v) is 7.32. The van der Waals surface area contributed by atoms with Gasteiger partial charge in [-0.15, -0.1) is 0 Å². The van der Waals surface area contributed by atoms with Gasteiger partial charge in [0.1, 0.15) is 5.82 Å². The van der Waals surface area contributed by atoms with E-state index in [9.17, 15) is 4.79 Å². The van der Waals surface area contributed by atoms with E-state index in [1.54, 1.807) is 12.3 Å². The molecule has 6 heteroatoms. The molecule has 1 aromatic heterocycles. The highest BCUT2D eigenvalue weighted by Crippen LogP contribution is 2.15. The Morgan fingerprint density at radius 1 is 1.21 bits per heavy atom. The maximum absolute atomic E-state index is 13.1. The van der Waals surface area contributed by atoms with Crippen molar-refractivity contribution in [2.75, 3.05) is 44.7 Å². The first-order valence-electron chi connectivity index (χ1n) is 9.98. The highest BCUT2D eigenvalue weighted by atomic mass is 16.5. The number of amides is 1. The molecule has 0 saturated carbocycles. The fourth-order valence-corrected chi connectivity index (χ4v) is 3.26. The molecule has 1 aromatic carbocycles. The topological polar surface area (TPSA) is 57.7 Å². The summed E-state index contributed by atoms with van der Waals surface area (Å²) in [5, 5.41) is 3.34. The molecule has 3 rings (SSSR count). The number of hydrogen-bond donors (Lipinski definition) is 1. The van der Waals surface area contributed by atoms with Gasteiger partial charge in [0.25, 0.3) is 5.91 Å². The molecule has 1 saturated heterocycles. The first kappa shape index (κ1) is 20.3.